The molecule has 0 saturated carbocycles. The van der Waals surface area contributed by atoms with Crippen LogP contribution in [-0.2, 0) is 33.2 Å². The lowest BCUT2D eigenvalue weighted by Crippen LogP contribution is -2.66. The number of unbranched alkanes of at least 4 members (excludes halogenated alkanes) is 34. The van der Waals surface area contributed by atoms with Crippen LogP contribution >= 0.6 is 0 Å². The Bertz CT molecular complexity index is 1740. The van der Waals surface area contributed by atoms with Gasteiger partial charge in [0.2, 0.25) is 5.91 Å². The van der Waals surface area contributed by atoms with Crippen LogP contribution in [-0.4, -0.2) is 193 Å². The van der Waals surface area contributed by atoms with Gasteiger partial charge in [-0.3, -0.25) is 4.79 Å². The maximum atomic E-state index is 13.4. The number of ether oxygens (including phenoxy) is 6. The Kier molecular flexibility index (Phi) is 46.9. The average molecular weight is 1260 g/mol. The minimum atomic E-state index is -1.98. The number of carbonyl (C=O) groups is 1. The van der Waals surface area contributed by atoms with Crippen LogP contribution in [0.25, 0.3) is 0 Å². The Morgan fingerprint density at radius 1 is 0.409 bits per heavy atom. The van der Waals surface area contributed by atoms with E-state index in [0.717, 1.165) is 64.2 Å². The summed E-state index contributed by atoms with van der Waals surface area (Å²) in [6.45, 7) is 1.74. The normalized spacial score (nSPS) is 28.6. The molecule has 1 amide bonds. The van der Waals surface area contributed by atoms with E-state index in [9.17, 15) is 61.0 Å². The minimum Gasteiger partial charge on any atom is -0.394 e. The molecule has 3 fully saturated rings. The Morgan fingerprint density at radius 3 is 1.16 bits per heavy atom. The van der Waals surface area contributed by atoms with Gasteiger partial charge in [-0.15, -0.1) is 0 Å². The van der Waals surface area contributed by atoms with Crippen LogP contribution in [0.4, 0.5) is 0 Å². The number of carbonyl (C=O) groups excluding carboxylic acids is 1. The second-order valence-corrected chi connectivity index (χ2v) is 25.3. The van der Waals surface area contributed by atoms with Gasteiger partial charge in [-0.05, 0) is 51.4 Å². The summed E-state index contributed by atoms with van der Waals surface area (Å²) in [6, 6.07) is -0.976. The van der Waals surface area contributed by atoms with Gasteiger partial charge in [0, 0.05) is 6.42 Å². The number of aliphatic hydroxyl groups excluding tert-OH is 11. The number of hydrogen-bond acceptors (Lipinski definition) is 18. The molecule has 0 aromatic rings. The molecular weight excluding hydrogens is 1130 g/mol. The molecule has 88 heavy (non-hydrogen) atoms. The minimum absolute atomic E-state index is 0.239. The van der Waals surface area contributed by atoms with E-state index >= 15 is 0 Å². The zero-order valence-electron chi connectivity index (χ0n) is 54.5. The van der Waals surface area contributed by atoms with Gasteiger partial charge in [-0.2, -0.15) is 0 Å². The number of rotatable bonds is 54. The van der Waals surface area contributed by atoms with E-state index < -0.39 is 124 Å². The smallest absolute Gasteiger partial charge is 0.220 e. The highest BCUT2D eigenvalue weighted by molar-refractivity contribution is 5.76. The van der Waals surface area contributed by atoms with E-state index in [2.05, 4.69) is 43.5 Å². The van der Waals surface area contributed by atoms with Crippen molar-refractivity contribution in [3.05, 3.63) is 36.5 Å². The van der Waals surface area contributed by atoms with Crippen molar-refractivity contribution >= 4 is 5.91 Å². The van der Waals surface area contributed by atoms with Crippen molar-refractivity contribution in [2.45, 2.75) is 369 Å². The Morgan fingerprint density at radius 2 is 0.750 bits per heavy atom. The molecule has 0 radical (unpaired) electrons. The molecule has 0 aliphatic carbocycles. The Balaban J connectivity index is 1.45. The number of hydrogen-bond donors (Lipinski definition) is 12. The van der Waals surface area contributed by atoms with E-state index in [1.807, 2.05) is 6.08 Å². The topological polar surface area (TPSA) is 307 Å². The van der Waals surface area contributed by atoms with Crippen LogP contribution in [0, 0.1) is 0 Å². The summed E-state index contributed by atoms with van der Waals surface area (Å²) >= 11 is 0. The highest BCUT2D eigenvalue weighted by atomic mass is 16.8. The van der Waals surface area contributed by atoms with Gasteiger partial charge in [0.25, 0.3) is 0 Å². The largest absolute Gasteiger partial charge is 0.394 e. The highest BCUT2D eigenvalue weighted by Crippen LogP contribution is 2.33. The van der Waals surface area contributed by atoms with Crippen LogP contribution in [0.3, 0.4) is 0 Å². The third-order valence-corrected chi connectivity index (χ3v) is 17.7. The van der Waals surface area contributed by atoms with Crippen molar-refractivity contribution < 1.29 is 89.4 Å². The molecule has 0 bridgehead atoms. The van der Waals surface area contributed by atoms with E-state index in [4.69, 9.17) is 28.4 Å². The first kappa shape index (κ1) is 80.2. The van der Waals surface area contributed by atoms with Crippen molar-refractivity contribution in [3.63, 3.8) is 0 Å². The van der Waals surface area contributed by atoms with E-state index in [0.29, 0.717) is 6.42 Å². The van der Waals surface area contributed by atoms with Crippen LogP contribution in [0.15, 0.2) is 36.5 Å². The van der Waals surface area contributed by atoms with Crippen LogP contribution in [0.5, 0.6) is 0 Å². The fourth-order valence-corrected chi connectivity index (χ4v) is 11.9. The lowest BCUT2D eigenvalue weighted by atomic mass is 9.96. The van der Waals surface area contributed by atoms with Crippen molar-refractivity contribution in [2.24, 2.45) is 0 Å². The first-order valence-electron chi connectivity index (χ1n) is 35.2. The molecule has 12 N–H and O–H groups in total. The number of amides is 1. The van der Waals surface area contributed by atoms with Gasteiger partial charge in [0.1, 0.15) is 73.2 Å². The van der Waals surface area contributed by atoms with Crippen molar-refractivity contribution in [1.29, 1.82) is 0 Å². The van der Waals surface area contributed by atoms with Crippen LogP contribution in [0.2, 0.25) is 0 Å². The molecule has 3 aliphatic heterocycles. The SMILES string of the molecule is CCCCCCC/C=C\C/C=C\CCCCCCCCCCCC(=O)NC(COC1OC(CO)C(OC2OC(CO)C(OC3OC(CO)C(O)C(O)C3O)C(O)C2O)C(O)C1O)C(O)/C=C/CCCCCCCCCCCCCCCCCCCCCC. The van der Waals surface area contributed by atoms with E-state index in [1.54, 1.807) is 6.08 Å². The molecule has 3 aliphatic rings. The van der Waals surface area contributed by atoms with Crippen molar-refractivity contribution in [2.75, 3.05) is 26.4 Å². The van der Waals surface area contributed by atoms with Gasteiger partial charge < -0.3 is 89.9 Å². The number of nitrogens with one attached hydrogen (secondary N) is 1. The van der Waals surface area contributed by atoms with E-state index in [-0.39, 0.29) is 18.9 Å². The highest BCUT2D eigenvalue weighted by Gasteiger charge is 2.53. The summed E-state index contributed by atoms with van der Waals surface area (Å²) in [5.74, 6) is -0.278. The third-order valence-electron chi connectivity index (χ3n) is 17.7. The second-order valence-electron chi connectivity index (χ2n) is 25.3. The standard InChI is InChI=1S/C69H127NO18/c1-3-5-7-9-11-13-15-17-19-21-23-25-27-28-30-32-34-36-38-40-42-44-46-53(74)52(70-57(75)47-45-43-41-39-37-35-33-31-29-26-24-22-20-18-16-14-12-10-8-6-4-2)51-83-67-63(81)60(78)65(55(49-72)85-67)88-69-64(82)61(79)66(56(50-73)86-69)87-68-62(80)59(77)58(76)54(48-71)84-68/h16,18,22,24,44,46,52-56,58-69,71-74,76-82H,3-15,17,19-21,23,25-43,45,47-51H2,1-2H3,(H,70,75)/b18-16-,24-22-,46-44+. The summed E-state index contributed by atoms with van der Waals surface area (Å²) in [4.78, 5) is 13.4. The zero-order valence-corrected chi connectivity index (χ0v) is 54.5. The summed E-state index contributed by atoms with van der Waals surface area (Å²) < 4.78 is 34.4. The second kappa shape index (κ2) is 51.4. The van der Waals surface area contributed by atoms with Crippen molar-refractivity contribution in [3.8, 4) is 0 Å². The third kappa shape index (κ3) is 33.2. The molecular formula is C69H127NO18. The average Bonchev–Trinajstić information content (AvgIpc) is 3.72. The van der Waals surface area contributed by atoms with E-state index in [1.165, 1.54) is 173 Å². The van der Waals surface area contributed by atoms with Gasteiger partial charge in [-0.25, -0.2) is 0 Å². The fraction of sp³-hybridized carbons (Fsp3) is 0.899. The Labute approximate surface area is 530 Å². The first-order valence-corrected chi connectivity index (χ1v) is 35.2. The van der Waals surface area contributed by atoms with Crippen LogP contribution < -0.4 is 5.32 Å². The molecule has 0 aromatic heterocycles. The first-order chi connectivity index (χ1) is 42.8. The van der Waals surface area contributed by atoms with Gasteiger partial charge in [0.05, 0.1) is 38.6 Å². The van der Waals surface area contributed by atoms with Gasteiger partial charge in [0.15, 0.2) is 18.9 Å². The molecule has 17 atom stereocenters. The Hall–Kier alpha value is -1.99. The number of allylic oxidation sites excluding steroid dienone is 5. The summed E-state index contributed by atoms with van der Waals surface area (Å²) in [7, 11) is 0. The molecule has 17 unspecified atom stereocenters. The lowest BCUT2D eigenvalue weighted by molar-refractivity contribution is -0.379. The number of aliphatic hydroxyl groups is 11. The predicted octanol–water partition coefficient (Wildman–Crippen LogP) is 9.22. The zero-order chi connectivity index (χ0) is 64.0. The monoisotopic (exact) mass is 1260 g/mol. The molecule has 516 valence electrons. The molecule has 19 heteroatoms. The summed E-state index contributed by atoms with van der Waals surface area (Å²) in [5, 5.41) is 121. The maximum Gasteiger partial charge on any atom is 0.220 e. The van der Waals surface area contributed by atoms with Gasteiger partial charge >= 0.3 is 0 Å². The van der Waals surface area contributed by atoms with Crippen molar-refractivity contribution in [1.82, 2.24) is 5.32 Å². The summed E-state index contributed by atoms with van der Waals surface area (Å²) in [6.07, 6.45) is 32.5. The molecule has 3 heterocycles. The lowest BCUT2D eigenvalue weighted by Gasteiger charge is -2.48. The molecule has 19 nitrogen and oxygen atoms in total. The summed E-state index contributed by atoms with van der Waals surface area (Å²) in [5.41, 5.74) is 0. The molecule has 0 spiro atoms. The fourth-order valence-electron chi connectivity index (χ4n) is 11.9. The molecule has 3 saturated heterocycles. The van der Waals surface area contributed by atoms with Crippen LogP contribution in [0.1, 0.15) is 264 Å². The molecule has 0 aromatic carbocycles. The van der Waals surface area contributed by atoms with Gasteiger partial charge in [-0.1, -0.05) is 243 Å². The molecule has 3 rings (SSSR count). The quantitative estimate of drug-likeness (QED) is 0.0199. The maximum absolute atomic E-state index is 13.4. The predicted molar refractivity (Wildman–Crippen MR) is 342 cm³/mol.